The molecule has 1 atom stereocenters. The first kappa shape index (κ1) is 14.8. The van der Waals surface area contributed by atoms with Crippen molar-refractivity contribution in [1.82, 2.24) is 4.90 Å². The average molecular weight is 326 g/mol. The molecule has 4 heteroatoms. The Kier molecular flexibility index (Phi) is 5.25. The summed E-state index contributed by atoms with van der Waals surface area (Å²) in [4.78, 5) is 5.04. The van der Waals surface area contributed by atoms with Crippen LogP contribution in [0.2, 0.25) is 0 Å². The maximum atomic E-state index is 5.89. The molecular formula is C15H24BrN3. The second-order valence-electron chi connectivity index (χ2n) is 5.22. The van der Waals surface area contributed by atoms with E-state index in [1.807, 2.05) is 0 Å². The number of nitrogens with zero attached hydrogens (tertiary/aromatic N) is 2. The van der Waals surface area contributed by atoms with Gasteiger partial charge in [-0.25, -0.2) is 0 Å². The maximum Gasteiger partial charge on any atom is 0.0424 e. The molecule has 0 amide bonds. The van der Waals surface area contributed by atoms with E-state index >= 15 is 0 Å². The third-order valence-electron chi connectivity index (χ3n) is 4.17. The minimum Gasteiger partial charge on any atom is -0.369 e. The van der Waals surface area contributed by atoms with Gasteiger partial charge in [0.1, 0.15) is 0 Å². The molecule has 2 N–H and O–H groups in total. The fraction of sp³-hybridized carbons (Fsp3) is 0.600. The van der Waals surface area contributed by atoms with Crippen LogP contribution in [0.5, 0.6) is 0 Å². The van der Waals surface area contributed by atoms with Gasteiger partial charge in [0.05, 0.1) is 0 Å². The molecule has 1 aliphatic rings. The average Bonchev–Trinajstić information content (AvgIpc) is 2.46. The van der Waals surface area contributed by atoms with Crippen LogP contribution >= 0.6 is 15.9 Å². The lowest BCUT2D eigenvalue weighted by Gasteiger charge is -2.39. The van der Waals surface area contributed by atoms with Crippen molar-refractivity contribution in [1.29, 1.82) is 0 Å². The molecule has 1 unspecified atom stereocenters. The highest BCUT2D eigenvalue weighted by atomic mass is 79.9. The zero-order valence-corrected chi connectivity index (χ0v) is 13.5. The van der Waals surface area contributed by atoms with E-state index in [0.717, 1.165) is 30.7 Å². The number of hydrogen-bond acceptors (Lipinski definition) is 3. The lowest BCUT2D eigenvalue weighted by atomic mass is 10.1. The first-order valence-corrected chi connectivity index (χ1v) is 7.93. The van der Waals surface area contributed by atoms with Crippen molar-refractivity contribution < 1.29 is 0 Å². The van der Waals surface area contributed by atoms with E-state index in [2.05, 4.69) is 57.8 Å². The van der Waals surface area contributed by atoms with Crippen molar-refractivity contribution in [2.75, 3.05) is 31.1 Å². The predicted molar refractivity (Wildman–Crippen MR) is 85.6 cm³/mol. The number of anilines is 1. The van der Waals surface area contributed by atoms with Crippen LogP contribution in [0.25, 0.3) is 0 Å². The molecule has 0 spiro atoms. The molecule has 1 heterocycles. The zero-order valence-electron chi connectivity index (χ0n) is 11.9. The number of piperazine rings is 1. The monoisotopic (exact) mass is 325 g/mol. The van der Waals surface area contributed by atoms with Gasteiger partial charge in [0, 0.05) is 54.5 Å². The van der Waals surface area contributed by atoms with Gasteiger partial charge in [0.2, 0.25) is 0 Å². The Morgan fingerprint density at radius 2 is 1.95 bits per heavy atom. The Labute approximate surface area is 124 Å². The molecule has 106 valence electrons. The lowest BCUT2D eigenvalue weighted by Crippen LogP contribution is -2.49. The minimum absolute atomic E-state index is 0.586. The van der Waals surface area contributed by atoms with Crippen molar-refractivity contribution in [3.05, 3.63) is 28.2 Å². The number of halogens is 1. The molecule has 0 aromatic heterocycles. The summed E-state index contributed by atoms with van der Waals surface area (Å²) in [6, 6.07) is 7.05. The van der Waals surface area contributed by atoms with Crippen LogP contribution in [0.1, 0.15) is 25.8 Å². The topological polar surface area (TPSA) is 32.5 Å². The molecule has 0 saturated carbocycles. The summed E-state index contributed by atoms with van der Waals surface area (Å²) in [6.07, 6.45) is 1.23. The summed E-state index contributed by atoms with van der Waals surface area (Å²) in [5.74, 6) is 0. The van der Waals surface area contributed by atoms with Crippen LogP contribution < -0.4 is 10.6 Å². The summed E-state index contributed by atoms with van der Waals surface area (Å²) in [5, 5.41) is 0. The molecule has 0 aliphatic carbocycles. The highest BCUT2D eigenvalue weighted by Crippen LogP contribution is 2.28. The largest absolute Gasteiger partial charge is 0.369 e. The van der Waals surface area contributed by atoms with Gasteiger partial charge in [0.25, 0.3) is 0 Å². The lowest BCUT2D eigenvalue weighted by molar-refractivity contribution is 0.192. The van der Waals surface area contributed by atoms with Gasteiger partial charge in [-0.15, -0.1) is 0 Å². The van der Waals surface area contributed by atoms with Crippen LogP contribution in [-0.2, 0) is 6.54 Å². The van der Waals surface area contributed by atoms with Crippen molar-refractivity contribution in [3.63, 3.8) is 0 Å². The summed E-state index contributed by atoms with van der Waals surface area (Å²) in [5.41, 5.74) is 8.40. The Hall–Kier alpha value is -0.580. The van der Waals surface area contributed by atoms with Gasteiger partial charge >= 0.3 is 0 Å². The van der Waals surface area contributed by atoms with Crippen LogP contribution in [0.15, 0.2) is 22.7 Å². The Balaban J connectivity index is 2.08. The van der Waals surface area contributed by atoms with Crippen molar-refractivity contribution in [2.24, 2.45) is 5.73 Å². The first-order chi connectivity index (χ1) is 9.17. The normalized spacial score (nSPS) is 18.6. The van der Waals surface area contributed by atoms with E-state index in [4.69, 9.17) is 5.73 Å². The molecule has 2 rings (SSSR count). The third kappa shape index (κ3) is 3.30. The van der Waals surface area contributed by atoms with Gasteiger partial charge in [-0.3, -0.25) is 4.90 Å². The number of nitrogens with two attached hydrogens (primary N) is 1. The van der Waals surface area contributed by atoms with Crippen LogP contribution in [0, 0.1) is 0 Å². The highest BCUT2D eigenvalue weighted by molar-refractivity contribution is 9.10. The number of benzene rings is 1. The number of hydrogen-bond donors (Lipinski definition) is 1. The SMILES string of the molecule is CCC(C)N1CCN(c2cccc(Br)c2CN)CC1. The van der Waals surface area contributed by atoms with E-state index in [0.29, 0.717) is 12.6 Å². The second-order valence-corrected chi connectivity index (χ2v) is 6.08. The van der Waals surface area contributed by atoms with Gasteiger partial charge in [-0.2, -0.15) is 0 Å². The van der Waals surface area contributed by atoms with Crippen LogP contribution in [-0.4, -0.2) is 37.1 Å². The van der Waals surface area contributed by atoms with Crippen molar-refractivity contribution >= 4 is 21.6 Å². The van der Waals surface area contributed by atoms with E-state index in [1.54, 1.807) is 0 Å². The molecule has 0 radical (unpaired) electrons. The molecule has 1 fully saturated rings. The van der Waals surface area contributed by atoms with Crippen molar-refractivity contribution in [2.45, 2.75) is 32.9 Å². The van der Waals surface area contributed by atoms with E-state index < -0.39 is 0 Å². The summed E-state index contributed by atoms with van der Waals surface area (Å²) in [7, 11) is 0. The molecule has 3 nitrogen and oxygen atoms in total. The second kappa shape index (κ2) is 6.73. The van der Waals surface area contributed by atoms with E-state index in [9.17, 15) is 0 Å². The smallest absolute Gasteiger partial charge is 0.0424 e. The number of rotatable bonds is 4. The van der Waals surface area contributed by atoms with Crippen molar-refractivity contribution in [3.8, 4) is 0 Å². The van der Waals surface area contributed by atoms with Gasteiger partial charge in [-0.05, 0) is 25.5 Å². The molecule has 1 aromatic rings. The molecule has 19 heavy (non-hydrogen) atoms. The molecule has 1 aliphatic heterocycles. The summed E-state index contributed by atoms with van der Waals surface area (Å²) in [6.45, 7) is 9.64. The van der Waals surface area contributed by atoms with Gasteiger partial charge < -0.3 is 10.6 Å². The zero-order chi connectivity index (χ0) is 13.8. The Morgan fingerprint density at radius 3 is 2.53 bits per heavy atom. The highest BCUT2D eigenvalue weighted by Gasteiger charge is 2.21. The molecule has 1 saturated heterocycles. The fourth-order valence-electron chi connectivity index (χ4n) is 2.71. The third-order valence-corrected chi connectivity index (χ3v) is 4.91. The van der Waals surface area contributed by atoms with E-state index in [-0.39, 0.29) is 0 Å². The Bertz CT molecular complexity index is 414. The van der Waals surface area contributed by atoms with Crippen LogP contribution in [0.4, 0.5) is 5.69 Å². The first-order valence-electron chi connectivity index (χ1n) is 7.13. The molecule has 0 bridgehead atoms. The summed E-state index contributed by atoms with van der Waals surface area (Å²) < 4.78 is 1.12. The van der Waals surface area contributed by atoms with Crippen LogP contribution in [0.3, 0.4) is 0 Å². The fourth-order valence-corrected chi connectivity index (χ4v) is 3.23. The quantitative estimate of drug-likeness (QED) is 0.923. The Morgan fingerprint density at radius 1 is 1.26 bits per heavy atom. The van der Waals surface area contributed by atoms with E-state index in [1.165, 1.54) is 17.7 Å². The summed E-state index contributed by atoms with van der Waals surface area (Å²) >= 11 is 3.60. The molecule has 1 aromatic carbocycles. The van der Waals surface area contributed by atoms with Gasteiger partial charge in [-0.1, -0.05) is 28.9 Å². The predicted octanol–water partition coefficient (Wildman–Crippen LogP) is 2.83. The molecular weight excluding hydrogens is 302 g/mol. The van der Waals surface area contributed by atoms with Gasteiger partial charge in [0.15, 0.2) is 0 Å². The maximum absolute atomic E-state index is 5.89. The minimum atomic E-state index is 0.586. The standard InChI is InChI=1S/C15H24BrN3/c1-3-12(2)18-7-9-19(10-8-18)15-6-4-5-14(16)13(15)11-17/h4-6,12H,3,7-11,17H2,1-2H3.